The fourth-order valence-corrected chi connectivity index (χ4v) is 2.35. The van der Waals surface area contributed by atoms with Gasteiger partial charge in [-0.25, -0.2) is 0 Å². The first-order valence-corrected chi connectivity index (χ1v) is 8.64. The standard InChI is InChI=1S/C18H34O2.2Ag/c1-2-3-4-5-6-7-8-9-10-11-12-13-14-15-16-17-18(19)20;;/h9-10H,2-8,11-17H2,1H3,(H,19,20);;. The van der Waals surface area contributed by atoms with E-state index in [9.17, 15) is 4.79 Å². The Bertz CT molecular complexity index is 243. The molecule has 0 fully saturated rings. The number of carbonyl (C=O) groups is 1. The molecule has 0 aromatic heterocycles. The molecule has 0 spiro atoms. The topological polar surface area (TPSA) is 37.3 Å². The Labute approximate surface area is 168 Å². The third-order valence-electron chi connectivity index (χ3n) is 3.65. The molecule has 0 atom stereocenters. The van der Waals surface area contributed by atoms with E-state index in [1.165, 1.54) is 70.6 Å². The van der Waals surface area contributed by atoms with Crippen LogP contribution in [0, 0.1) is 0 Å². The normalized spacial score (nSPS) is 10.2. The fourth-order valence-electron chi connectivity index (χ4n) is 2.35. The number of allylic oxidation sites excluding steroid dienone is 2. The monoisotopic (exact) mass is 496 g/mol. The molecule has 0 amide bonds. The first kappa shape index (κ1) is 27.5. The first-order valence-electron chi connectivity index (χ1n) is 8.64. The largest absolute Gasteiger partial charge is 0.481 e. The zero-order valence-electron chi connectivity index (χ0n) is 14.0. The Morgan fingerprint density at radius 2 is 1.14 bits per heavy atom. The van der Waals surface area contributed by atoms with Crippen molar-refractivity contribution in [2.75, 3.05) is 0 Å². The van der Waals surface area contributed by atoms with E-state index in [4.69, 9.17) is 5.11 Å². The van der Waals surface area contributed by atoms with Crippen LogP contribution in [-0.2, 0) is 49.6 Å². The van der Waals surface area contributed by atoms with E-state index in [0.29, 0.717) is 6.42 Å². The number of aliphatic carboxylic acids is 1. The number of unbranched alkanes of at least 4 members (excludes halogenated alkanes) is 11. The molecule has 0 bridgehead atoms. The Hall–Kier alpha value is 0.691. The summed E-state index contributed by atoms with van der Waals surface area (Å²) in [5.41, 5.74) is 0. The van der Waals surface area contributed by atoms with E-state index < -0.39 is 5.97 Å². The minimum absolute atomic E-state index is 0. The van der Waals surface area contributed by atoms with Gasteiger partial charge in [-0.1, -0.05) is 70.4 Å². The molecule has 0 saturated carbocycles. The van der Waals surface area contributed by atoms with Gasteiger partial charge in [0.25, 0.3) is 0 Å². The molecule has 140 valence electrons. The van der Waals surface area contributed by atoms with Gasteiger partial charge in [-0.15, -0.1) is 0 Å². The van der Waals surface area contributed by atoms with Crippen molar-refractivity contribution in [1.29, 1.82) is 0 Å². The Balaban J connectivity index is -0.00000180. The molecular formula is C18H34Ag2O2. The maximum atomic E-state index is 10.3. The zero-order valence-corrected chi connectivity index (χ0v) is 17.0. The molecule has 2 radical (unpaired) electrons. The van der Waals surface area contributed by atoms with Crippen LogP contribution in [0.5, 0.6) is 0 Å². The number of carboxylic acid groups (broad SMARTS) is 1. The van der Waals surface area contributed by atoms with Gasteiger partial charge >= 0.3 is 5.97 Å². The van der Waals surface area contributed by atoms with Crippen LogP contribution in [-0.4, -0.2) is 11.1 Å². The van der Waals surface area contributed by atoms with Crippen molar-refractivity contribution in [2.24, 2.45) is 0 Å². The van der Waals surface area contributed by atoms with Crippen molar-refractivity contribution in [3.05, 3.63) is 12.2 Å². The van der Waals surface area contributed by atoms with E-state index in [1.54, 1.807) is 0 Å². The van der Waals surface area contributed by atoms with Gasteiger partial charge in [0.1, 0.15) is 0 Å². The second-order valence-corrected chi connectivity index (χ2v) is 5.73. The van der Waals surface area contributed by atoms with Crippen molar-refractivity contribution in [3.8, 4) is 0 Å². The van der Waals surface area contributed by atoms with E-state index >= 15 is 0 Å². The fraction of sp³-hybridized carbons (Fsp3) is 0.833. The van der Waals surface area contributed by atoms with Gasteiger partial charge in [-0.05, 0) is 32.1 Å². The molecule has 0 saturated heterocycles. The summed E-state index contributed by atoms with van der Waals surface area (Å²) in [6.07, 6.45) is 21.2. The van der Waals surface area contributed by atoms with E-state index in [-0.39, 0.29) is 44.8 Å². The van der Waals surface area contributed by atoms with Crippen molar-refractivity contribution >= 4 is 5.97 Å². The molecule has 0 heterocycles. The smallest absolute Gasteiger partial charge is 0.303 e. The van der Waals surface area contributed by atoms with Gasteiger partial charge in [0.2, 0.25) is 0 Å². The molecule has 0 aromatic rings. The van der Waals surface area contributed by atoms with Crippen molar-refractivity contribution in [3.63, 3.8) is 0 Å². The maximum Gasteiger partial charge on any atom is 0.303 e. The van der Waals surface area contributed by atoms with Crippen LogP contribution in [0.4, 0.5) is 0 Å². The van der Waals surface area contributed by atoms with Crippen LogP contribution in [0.25, 0.3) is 0 Å². The van der Waals surface area contributed by atoms with Crippen LogP contribution >= 0.6 is 0 Å². The summed E-state index contributed by atoms with van der Waals surface area (Å²) >= 11 is 0. The molecule has 4 heteroatoms. The number of hydrogen-bond acceptors (Lipinski definition) is 1. The second-order valence-electron chi connectivity index (χ2n) is 5.73. The molecule has 0 aliphatic carbocycles. The Morgan fingerprint density at radius 3 is 1.59 bits per heavy atom. The summed E-state index contributed by atoms with van der Waals surface area (Å²) in [4.78, 5) is 10.3. The van der Waals surface area contributed by atoms with E-state index in [0.717, 1.165) is 12.8 Å². The third kappa shape index (κ3) is 25.6. The van der Waals surface area contributed by atoms with Crippen LogP contribution in [0.3, 0.4) is 0 Å². The summed E-state index contributed by atoms with van der Waals surface area (Å²) < 4.78 is 0. The van der Waals surface area contributed by atoms with E-state index in [1.807, 2.05) is 0 Å². The van der Waals surface area contributed by atoms with Gasteiger partial charge < -0.3 is 5.11 Å². The molecule has 22 heavy (non-hydrogen) atoms. The number of rotatable bonds is 15. The van der Waals surface area contributed by atoms with Crippen molar-refractivity contribution < 1.29 is 54.7 Å². The van der Waals surface area contributed by atoms with Crippen LogP contribution in [0.1, 0.15) is 96.8 Å². The molecule has 1 N–H and O–H groups in total. The van der Waals surface area contributed by atoms with Crippen LogP contribution < -0.4 is 0 Å². The summed E-state index contributed by atoms with van der Waals surface area (Å²) in [5.74, 6) is -0.664. The summed E-state index contributed by atoms with van der Waals surface area (Å²) in [5, 5.41) is 8.51. The SMILES string of the molecule is CCCCCCCCC=CCCCCCCCC(=O)O.[Ag].[Ag]. The molecule has 0 aliphatic rings. The average Bonchev–Trinajstić information content (AvgIpc) is 2.43. The average molecular weight is 498 g/mol. The third-order valence-corrected chi connectivity index (χ3v) is 3.65. The van der Waals surface area contributed by atoms with Crippen molar-refractivity contribution in [1.82, 2.24) is 0 Å². The van der Waals surface area contributed by atoms with Crippen LogP contribution in [0.15, 0.2) is 12.2 Å². The quantitative estimate of drug-likeness (QED) is 0.168. The summed E-state index contributed by atoms with van der Waals surface area (Å²) in [6.45, 7) is 2.26. The zero-order chi connectivity index (χ0) is 14.9. The van der Waals surface area contributed by atoms with Gasteiger partial charge in [0, 0.05) is 51.2 Å². The molecule has 0 rings (SSSR count). The summed E-state index contributed by atoms with van der Waals surface area (Å²) in [6, 6.07) is 0. The predicted octanol–water partition coefficient (Wildman–Crippen LogP) is 6.10. The van der Waals surface area contributed by atoms with Gasteiger partial charge in [-0.3, -0.25) is 4.79 Å². The van der Waals surface area contributed by atoms with Crippen LogP contribution in [0.2, 0.25) is 0 Å². The molecular weight excluding hydrogens is 464 g/mol. The summed E-state index contributed by atoms with van der Waals surface area (Å²) in [7, 11) is 0. The van der Waals surface area contributed by atoms with E-state index in [2.05, 4.69) is 19.1 Å². The van der Waals surface area contributed by atoms with Crippen molar-refractivity contribution in [2.45, 2.75) is 96.8 Å². The second kappa shape index (κ2) is 23.9. The molecule has 2 nitrogen and oxygen atoms in total. The van der Waals surface area contributed by atoms with Gasteiger partial charge in [-0.2, -0.15) is 0 Å². The predicted molar refractivity (Wildman–Crippen MR) is 87.1 cm³/mol. The molecule has 0 unspecified atom stereocenters. The molecule has 0 aromatic carbocycles. The Morgan fingerprint density at radius 1 is 0.727 bits per heavy atom. The first-order chi connectivity index (χ1) is 9.77. The number of carboxylic acids is 1. The van der Waals surface area contributed by atoms with Gasteiger partial charge in [0.15, 0.2) is 0 Å². The minimum atomic E-state index is -0.664. The Kier molecular flexibility index (Phi) is 30.0. The van der Waals surface area contributed by atoms with Gasteiger partial charge in [0.05, 0.1) is 0 Å². The number of hydrogen-bond donors (Lipinski definition) is 1. The molecule has 0 aliphatic heterocycles. The minimum Gasteiger partial charge on any atom is -0.481 e. The maximum absolute atomic E-state index is 10.3.